The summed E-state index contributed by atoms with van der Waals surface area (Å²) in [7, 11) is -2.87. The molecule has 0 saturated carbocycles. The SMILES string of the molecule is CC1(c2ccc(OC3CS(=O)(=O)C3)c(Cl)c2)CCCN1. The van der Waals surface area contributed by atoms with Gasteiger partial charge in [-0.05, 0) is 44.0 Å². The van der Waals surface area contributed by atoms with Gasteiger partial charge in [0.1, 0.15) is 11.9 Å². The normalized spacial score (nSPS) is 29.1. The minimum Gasteiger partial charge on any atom is -0.487 e. The van der Waals surface area contributed by atoms with Crippen molar-refractivity contribution < 1.29 is 13.2 Å². The number of benzene rings is 1. The maximum absolute atomic E-state index is 11.1. The Morgan fingerprint density at radius 2 is 2.15 bits per heavy atom. The molecule has 3 rings (SSSR count). The zero-order chi connectivity index (χ0) is 14.4. The van der Waals surface area contributed by atoms with Crippen LogP contribution in [0.15, 0.2) is 18.2 Å². The van der Waals surface area contributed by atoms with Gasteiger partial charge in [-0.3, -0.25) is 0 Å². The molecule has 2 aliphatic rings. The molecule has 20 heavy (non-hydrogen) atoms. The zero-order valence-corrected chi connectivity index (χ0v) is 12.9. The molecule has 1 aromatic carbocycles. The van der Waals surface area contributed by atoms with E-state index in [4.69, 9.17) is 16.3 Å². The van der Waals surface area contributed by atoms with Crippen molar-refractivity contribution in [2.24, 2.45) is 0 Å². The standard InChI is InChI=1S/C14H18ClNO3S/c1-14(5-2-6-16-14)10-3-4-13(12(15)7-10)19-11-8-20(17,18)9-11/h3-4,7,11,16H,2,5-6,8-9H2,1H3. The lowest BCUT2D eigenvalue weighted by atomic mass is 9.90. The number of sulfone groups is 1. The Morgan fingerprint density at radius 1 is 1.40 bits per heavy atom. The quantitative estimate of drug-likeness (QED) is 0.928. The Hall–Kier alpha value is -0.780. The molecule has 2 heterocycles. The predicted molar refractivity (Wildman–Crippen MR) is 79.1 cm³/mol. The van der Waals surface area contributed by atoms with E-state index in [1.807, 2.05) is 18.2 Å². The minimum atomic E-state index is -2.87. The summed E-state index contributed by atoms with van der Waals surface area (Å²) < 4.78 is 27.9. The fourth-order valence-corrected chi connectivity index (χ4v) is 4.24. The van der Waals surface area contributed by atoms with Crippen LogP contribution in [0.3, 0.4) is 0 Å². The van der Waals surface area contributed by atoms with Gasteiger partial charge in [-0.25, -0.2) is 8.42 Å². The highest BCUT2D eigenvalue weighted by molar-refractivity contribution is 7.92. The summed E-state index contributed by atoms with van der Waals surface area (Å²) in [5.74, 6) is 0.742. The highest BCUT2D eigenvalue weighted by Crippen LogP contribution is 2.35. The first-order valence-corrected chi connectivity index (χ1v) is 9.00. The first-order chi connectivity index (χ1) is 9.38. The molecular weight excluding hydrogens is 298 g/mol. The Balaban J connectivity index is 1.75. The highest BCUT2D eigenvalue weighted by Gasteiger charge is 2.36. The van der Waals surface area contributed by atoms with E-state index < -0.39 is 9.84 Å². The molecular formula is C14H18ClNO3S. The summed E-state index contributed by atoms with van der Waals surface area (Å²) in [6.45, 7) is 3.19. The third-order valence-electron chi connectivity index (χ3n) is 4.11. The van der Waals surface area contributed by atoms with Crippen LogP contribution in [-0.2, 0) is 15.4 Å². The van der Waals surface area contributed by atoms with Crippen LogP contribution in [0.5, 0.6) is 5.75 Å². The van der Waals surface area contributed by atoms with Gasteiger partial charge in [0, 0.05) is 5.54 Å². The van der Waals surface area contributed by atoms with Crippen LogP contribution in [-0.4, -0.2) is 32.6 Å². The monoisotopic (exact) mass is 315 g/mol. The van der Waals surface area contributed by atoms with Crippen LogP contribution in [0.2, 0.25) is 5.02 Å². The van der Waals surface area contributed by atoms with Gasteiger partial charge in [-0.15, -0.1) is 0 Å². The molecule has 0 bridgehead atoms. The van der Waals surface area contributed by atoms with Crippen molar-refractivity contribution >= 4 is 21.4 Å². The van der Waals surface area contributed by atoms with E-state index in [2.05, 4.69) is 12.2 Å². The van der Waals surface area contributed by atoms with Crippen LogP contribution in [0.1, 0.15) is 25.3 Å². The summed E-state index contributed by atoms with van der Waals surface area (Å²) in [5.41, 5.74) is 1.12. The van der Waals surface area contributed by atoms with Gasteiger partial charge in [0.25, 0.3) is 0 Å². The fourth-order valence-electron chi connectivity index (χ4n) is 2.85. The number of hydrogen-bond donors (Lipinski definition) is 1. The lowest BCUT2D eigenvalue weighted by Crippen LogP contribution is -2.45. The second-order valence-electron chi connectivity index (χ2n) is 5.82. The topological polar surface area (TPSA) is 55.4 Å². The van der Waals surface area contributed by atoms with Gasteiger partial charge in [0.05, 0.1) is 16.5 Å². The number of ether oxygens (including phenoxy) is 1. The van der Waals surface area contributed by atoms with Gasteiger partial charge in [0.15, 0.2) is 9.84 Å². The van der Waals surface area contributed by atoms with Gasteiger partial charge in [-0.1, -0.05) is 17.7 Å². The number of halogens is 1. The van der Waals surface area contributed by atoms with E-state index in [9.17, 15) is 8.42 Å². The van der Waals surface area contributed by atoms with Crippen LogP contribution in [0.25, 0.3) is 0 Å². The summed E-state index contributed by atoms with van der Waals surface area (Å²) in [5, 5.41) is 4.03. The van der Waals surface area contributed by atoms with Gasteiger partial charge in [0.2, 0.25) is 0 Å². The van der Waals surface area contributed by atoms with E-state index in [0.717, 1.165) is 24.9 Å². The van der Waals surface area contributed by atoms with Crippen LogP contribution in [0.4, 0.5) is 0 Å². The summed E-state index contributed by atoms with van der Waals surface area (Å²) in [6.07, 6.45) is 1.99. The maximum atomic E-state index is 11.1. The third kappa shape index (κ3) is 2.67. The summed E-state index contributed by atoms with van der Waals surface area (Å²) in [6, 6.07) is 5.77. The molecule has 1 N–H and O–H groups in total. The van der Waals surface area contributed by atoms with E-state index >= 15 is 0 Å². The Bertz CT molecular complexity index is 611. The highest BCUT2D eigenvalue weighted by atomic mass is 35.5. The Morgan fingerprint density at radius 3 is 2.70 bits per heavy atom. The molecule has 1 unspecified atom stereocenters. The Labute approximate surface area is 124 Å². The molecule has 1 aromatic rings. The molecule has 0 aliphatic carbocycles. The van der Waals surface area contributed by atoms with Crippen molar-refractivity contribution in [1.29, 1.82) is 0 Å². The number of rotatable bonds is 3. The van der Waals surface area contributed by atoms with Crippen LogP contribution >= 0.6 is 11.6 Å². The van der Waals surface area contributed by atoms with Crippen LogP contribution < -0.4 is 10.1 Å². The third-order valence-corrected chi connectivity index (χ3v) is 6.17. The lowest BCUT2D eigenvalue weighted by Gasteiger charge is -2.28. The second-order valence-corrected chi connectivity index (χ2v) is 8.39. The molecule has 2 aliphatic heterocycles. The second kappa shape index (κ2) is 4.90. The van der Waals surface area contributed by atoms with Crippen molar-refractivity contribution in [3.63, 3.8) is 0 Å². The van der Waals surface area contributed by atoms with Crippen molar-refractivity contribution in [3.8, 4) is 5.75 Å². The molecule has 4 nitrogen and oxygen atoms in total. The fraction of sp³-hybridized carbons (Fsp3) is 0.571. The van der Waals surface area contributed by atoms with Crippen molar-refractivity contribution in [3.05, 3.63) is 28.8 Å². The van der Waals surface area contributed by atoms with Gasteiger partial charge < -0.3 is 10.1 Å². The van der Waals surface area contributed by atoms with Crippen molar-refractivity contribution in [2.45, 2.75) is 31.4 Å². The number of hydrogen-bond acceptors (Lipinski definition) is 4. The molecule has 0 spiro atoms. The van der Waals surface area contributed by atoms with Gasteiger partial charge in [-0.2, -0.15) is 0 Å². The van der Waals surface area contributed by atoms with Crippen LogP contribution in [0, 0.1) is 0 Å². The van der Waals surface area contributed by atoms with E-state index in [-0.39, 0.29) is 23.1 Å². The average molecular weight is 316 g/mol. The minimum absolute atomic E-state index is 0.0258. The lowest BCUT2D eigenvalue weighted by molar-refractivity contribution is 0.230. The first-order valence-electron chi connectivity index (χ1n) is 6.80. The summed E-state index contributed by atoms with van der Waals surface area (Å²) in [4.78, 5) is 0. The molecule has 0 aromatic heterocycles. The van der Waals surface area contributed by atoms with E-state index in [0.29, 0.717) is 10.8 Å². The van der Waals surface area contributed by atoms with Crippen molar-refractivity contribution in [2.75, 3.05) is 18.1 Å². The molecule has 2 saturated heterocycles. The zero-order valence-electron chi connectivity index (χ0n) is 11.4. The molecule has 2 fully saturated rings. The van der Waals surface area contributed by atoms with E-state index in [1.165, 1.54) is 0 Å². The average Bonchev–Trinajstić information content (AvgIpc) is 2.77. The largest absolute Gasteiger partial charge is 0.487 e. The molecule has 110 valence electrons. The first kappa shape index (κ1) is 14.2. The van der Waals surface area contributed by atoms with Gasteiger partial charge >= 0.3 is 0 Å². The van der Waals surface area contributed by atoms with E-state index in [1.54, 1.807) is 0 Å². The molecule has 0 amide bonds. The number of nitrogens with one attached hydrogen (secondary N) is 1. The predicted octanol–water partition coefficient (Wildman–Crippen LogP) is 2.11. The van der Waals surface area contributed by atoms with Crippen molar-refractivity contribution in [1.82, 2.24) is 5.32 Å². The molecule has 1 atom stereocenters. The maximum Gasteiger partial charge on any atom is 0.157 e. The molecule has 0 radical (unpaired) electrons. The smallest absolute Gasteiger partial charge is 0.157 e. The Kier molecular flexibility index (Phi) is 3.47. The summed E-state index contributed by atoms with van der Waals surface area (Å²) >= 11 is 6.26. The molecule has 6 heteroatoms.